The summed E-state index contributed by atoms with van der Waals surface area (Å²) in [4.78, 5) is 11.7. The fraction of sp³-hybridized carbons (Fsp3) is 0.267. The number of nitrogens with one attached hydrogen (secondary N) is 1. The lowest BCUT2D eigenvalue weighted by Gasteiger charge is -2.19. The van der Waals surface area contributed by atoms with Crippen molar-refractivity contribution >= 4 is 11.8 Å². The fourth-order valence-electron chi connectivity index (χ4n) is 1.65. The van der Waals surface area contributed by atoms with Crippen molar-refractivity contribution in [3.8, 4) is 11.3 Å². The summed E-state index contributed by atoms with van der Waals surface area (Å²) in [6.07, 6.45) is 0.882. The van der Waals surface area contributed by atoms with Crippen LogP contribution in [-0.4, -0.2) is 11.7 Å². The molecule has 4 nitrogen and oxygen atoms in total. The highest BCUT2D eigenvalue weighted by molar-refractivity contribution is 5.89. The lowest BCUT2D eigenvalue weighted by Crippen LogP contribution is -2.27. The summed E-state index contributed by atoms with van der Waals surface area (Å²) < 4.78 is 23.4. The molecule has 20 heavy (non-hydrogen) atoms. The molecule has 0 saturated heterocycles. The maximum atomic E-state index is 12.9. The summed E-state index contributed by atoms with van der Waals surface area (Å²) in [5, 5.41) is 2.61. The van der Waals surface area contributed by atoms with Gasteiger partial charge in [0.2, 0.25) is 0 Å². The lowest BCUT2D eigenvalue weighted by molar-refractivity contribution is 0.0636. The first kappa shape index (κ1) is 14.1. The molecule has 0 aliphatic carbocycles. The predicted octanol–water partition coefficient (Wildman–Crippen LogP) is 4.43. The van der Waals surface area contributed by atoms with Gasteiger partial charge in [-0.15, -0.1) is 0 Å². The number of anilines is 1. The molecule has 0 unspecified atom stereocenters. The Kier molecular flexibility index (Phi) is 3.79. The molecule has 1 heterocycles. The topological polar surface area (TPSA) is 51.5 Å². The van der Waals surface area contributed by atoms with Crippen LogP contribution in [-0.2, 0) is 4.74 Å². The van der Waals surface area contributed by atoms with E-state index in [0.29, 0.717) is 17.0 Å². The summed E-state index contributed by atoms with van der Waals surface area (Å²) in [6.45, 7) is 5.34. The number of hydrogen-bond donors (Lipinski definition) is 1. The van der Waals surface area contributed by atoms with Gasteiger partial charge < -0.3 is 9.15 Å². The number of benzene rings is 1. The van der Waals surface area contributed by atoms with E-state index in [4.69, 9.17) is 9.15 Å². The zero-order valence-electron chi connectivity index (χ0n) is 11.6. The van der Waals surface area contributed by atoms with Crippen LogP contribution in [0.3, 0.4) is 0 Å². The first-order valence-corrected chi connectivity index (χ1v) is 6.18. The predicted molar refractivity (Wildman–Crippen MR) is 74.0 cm³/mol. The van der Waals surface area contributed by atoms with Crippen molar-refractivity contribution < 1.29 is 18.3 Å². The van der Waals surface area contributed by atoms with Gasteiger partial charge in [-0.1, -0.05) is 0 Å². The molecule has 1 N–H and O–H groups in total. The molecule has 0 aliphatic heterocycles. The van der Waals surface area contributed by atoms with Crippen LogP contribution in [0.4, 0.5) is 14.9 Å². The van der Waals surface area contributed by atoms with Crippen LogP contribution in [0, 0.1) is 5.82 Å². The second-order valence-electron chi connectivity index (χ2n) is 5.30. The molecule has 0 spiro atoms. The Morgan fingerprint density at radius 3 is 2.45 bits per heavy atom. The van der Waals surface area contributed by atoms with Crippen LogP contribution >= 0.6 is 0 Å². The summed E-state index contributed by atoms with van der Waals surface area (Å²) in [6, 6.07) is 7.43. The zero-order valence-corrected chi connectivity index (χ0v) is 11.6. The van der Waals surface area contributed by atoms with Gasteiger partial charge in [0.1, 0.15) is 11.4 Å². The van der Waals surface area contributed by atoms with Crippen molar-refractivity contribution in [2.75, 3.05) is 5.32 Å². The second-order valence-corrected chi connectivity index (χ2v) is 5.30. The van der Waals surface area contributed by atoms with Crippen LogP contribution in [0.5, 0.6) is 0 Å². The first-order chi connectivity index (χ1) is 9.35. The molecule has 1 aromatic carbocycles. The lowest BCUT2D eigenvalue weighted by atomic mass is 10.1. The quantitative estimate of drug-likeness (QED) is 0.883. The van der Waals surface area contributed by atoms with Crippen LogP contribution in [0.25, 0.3) is 11.3 Å². The highest BCUT2D eigenvalue weighted by Gasteiger charge is 2.18. The van der Waals surface area contributed by atoms with Gasteiger partial charge in [-0.25, -0.2) is 9.18 Å². The number of carbonyl (C=O) groups excluding carboxylic acids is 1. The molecule has 2 rings (SSSR count). The molecule has 0 radical (unpaired) electrons. The second kappa shape index (κ2) is 5.36. The first-order valence-electron chi connectivity index (χ1n) is 6.18. The molecule has 1 amide bonds. The Morgan fingerprint density at radius 2 is 1.85 bits per heavy atom. The third-order valence-electron chi connectivity index (χ3n) is 2.41. The minimum Gasteiger partial charge on any atom is -0.462 e. The van der Waals surface area contributed by atoms with Crippen molar-refractivity contribution in [3.05, 3.63) is 42.4 Å². The molecule has 0 bridgehead atoms. The Bertz CT molecular complexity index is 596. The van der Waals surface area contributed by atoms with Gasteiger partial charge in [-0.2, -0.15) is 0 Å². The van der Waals surface area contributed by atoms with Gasteiger partial charge in [0, 0.05) is 11.6 Å². The van der Waals surface area contributed by atoms with Crippen LogP contribution in [0.2, 0.25) is 0 Å². The number of hydrogen-bond acceptors (Lipinski definition) is 3. The number of furan rings is 1. The standard InChI is InChI=1S/C15H16FNO3/c1-15(2,3)20-14(18)17-12-8-9-19-13(12)10-4-6-11(16)7-5-10/h4-9H,1-3H3,(H,17,18). The van der Waals surface area contributed by atoms with Crippen molar-refractivity contribution in [1.29, 1.82) is 0 Å². The molecule has 2 aromatic rings. The molecule has 106 valence electrons. The summed E-state index contributed by atoms with van der Waals surface area (Å²) in [7, 11) is 0. The van der Waals surface area contributed by atoms with Gasteiger partial charge in [-0.05, 0) is 45.0 Å². The minimum absolute atomic E-state index is 0.332. The highest BCUT2D eigenvalue weighted by atomic mass is 19.1. The van der Waals surface area contributed by atoms with E-state index in [9.17, 15) is 9.18 Å². The van der Waals surface area contributed by atoms with Crippen molar-refractivity contribution in [3.63, 3.8) is 0 Å². The summed E-state index contributed by atoms with van der Waals surface area (Å²) >= 11 is 0. The average Bonchev–Trinajstić information content (AvgIpc) is 2.75. The van der Waals surface area contributed by atoms with Gasteiger partial charge in [0.25, 0.3) is 0 Å². The van der Waals surface area contributed by atoms with Gasteiger partial charge >= 0.3 is 6.09 Å². The molecule has 0 saturated carbocycles. The molecule has 0 aliphatic rings. The van der Waals surface area contributed by atoms with Gasteiger partial charge in [-0.3, -0.25) is 5.32 Å². The fourth-order valence-corrected chi connectivity index (χ4v) is 1.65. The van der Waals surface area contributed by atoms with E-state index in [-0.39, 0.29) is 5.82 Å². The Morgan fingerprint density at radius 1 is 1.20 bits per heavy atom. The Labute approximate surface area is 116 Å². The largest absolute Gasteiger partial charge is 0.462 e. The van der Waals surface area contributed by atoms with E-state index in [0.717, 1.165) is 0 Å². The normalized spacial score (nSPS) is 11.2. The van der Waals surface area contributed by atoms with Crippen LogP contribution in [0.1, 0.15) is 20.8 Å². The van der Waals surface area contributed by atoms with E-state index < -0.39 is 11.7 Å². The summed E-state index contributed by atoms with van der Waals surface area (Å²) in [5.41, 5.74) is 0.567. The van der Waals surface area contributed by atoms with Crippen LogP contribution in [0.15, 0.2) is 41.0 Å². The van der Waals surface area contributed by atoms with Crippen molar-refractivity contribution in [2.24, 2.45) is 0 Å². The average molecular weight is 277 g/mol. The monoisotopic (exact) mass is 277 g/mol. The minimum atomic E-state index is -0.580. The number of amides is 1. The van der Waals surface area contributed by atoms with Crippen molar-refractivity contribution in [1.82, 2.24) is 0 Å². The Hall–Kier alpha value is -2.30. The smallest absolute Gasteiger partial charge is 0.412 e. The molecule has 0 atom stereocenters. The van der Waals surface area contributed by atoms with Gasteiger partial charge in [0.05, 0.1) is 12.0 Å². The van der Waals surface area contributed by atoms with E-state index in [2.05, 4.69) is 5.32 Å². The maximum absolute atomic E-state index is 12.9. The zero-order chi connectivity index (χ0) is 14.8. The molecule has 5 heteroatoms. The summed E-state index contributed by atoms with van der Waals surface area (Å²) in [5.74, 6) is 0.123. The van der Waals surface area contributed by atoms with E-state index >= 15 is 0 Å². The molecular weight excluding hydrogens is 261 g/mol. The van der Waals surface area contributed by atoms with E-state index in [1.165, 1.54) is 18.4 Å². The van der Waals surface area contributed by atoms with Crippen LogP contribution < -0.4 is 5.32 Å². The number of rotatable bonds is 2. The number of ether oxygens (including phenoxy) is 1. The highest BCUT2D eigenvalue weighted by Crippen LogP contribution is 2.29. The maximum Gasteiger partial charge on any atom is 0.412 e. The molecular formula is C15H16FNO3. The molecule has 1 aromatic heterocycles. The third-order valence-corrected chi connectivity index (χ3v) is 2.41. The Balaban J connectivity index is 2.17. The van der Waals surface area contributed by atoms with E-state index in [1.807, 2.05) is 0 Å². The van der Waals surface area contributed by atoms with Crippen molar-refractivity contribution in [2.45, 2.75) is 26.4 Å². The number of halogens is 1. The third kappa shape index (κ3) is 3.60. The van der Waals surface area contributed by atoms with E-state index in [1.54, 1.807) is 39.0 Å². The SMILES string of the molecule is CC(C)(C)OC(=O)Nc1ccoc1-c1ccc(F)cc1. The molecule has 0 fully saturated rings. The van der Waals surface area contributed by atoms with Gasteiger partial charge in [0.15, 0.2) is 5.76 Å². The number of carbonyl (C=O) groups is 1.